The highest BCUT2D eigenvalue weighted by Crippen LogP contribution is 2.44. The fourth-order valence-electron chi connectivity index (χ4n) is 8.78. The fourth-order valence-corrected chi connectivity index (χ4v) is 8.78. The summed E-state index contributed by atoms with van der Waals surface area (Å²) in [6.07, 6.45) is 1.68. The third-order valence-corrected chi connectivity index (χ3v) is 12.6. The minimum Gasteiger partial charge on any atom is -0.507 e. The van der Waals surface area contributed by atoms with Crippen molar-refractivity contribution in [1.29, 1.82) is 0 Å². The molecule has 0 aliphatic heterocycles. The molecule has 2 heterocycles. The number of aromatic nitrogens is 3. The van der Waals surface area contributed by atoms with Crippen LogP contribution in [0.3, 0.4) is 0 Å². The van der Waals surface area contributed by atoms with Gasteiger partial charge in [-0.3, -0.25) is 9.55 Å². The Morgan fingerprint density at radius 3 is 1.79 bits per heavy atom. The molecule has 0 amide bonds. The molecule has 66 heavy (non-hydrogen) atoms. The van der Waals surface area contributed by atoms with Crippen LogP contribution in [0.2, 0.25) is 0 Å². The lowest BCUT2D eigenvalue weighted by Crippen LogP contribution is -2.12. The van der Waals surface area contributed by atoms with Gasteiger partial charge in [-0.25, -0.2) is 4.98 Å². The Balaban J connectivity index is 1.27. The Morgan fingerprint density at radius 1 is 0.515 bits per heavy atom. The molecule has 1 N–H and O–H groups in total. The van der Waals surface area contributed by atoms with Crippen LogP contribution in [0.5, 0.6) is 5.75 Å². The Labute approximate surface area is 404 Å². The molecule has 0 aliphatic rings. The van der Waals surface area contributed by atoms with E-state index < -0.39 is 26.0 Å². The minimum absolute atomic E-state index is 0.0408. The lowest BCUT2D eigenvalue weighted by atomic mass is 9.85. The maximum Gasteiger partial charge on any atom is 0.149 e. The van der Waals surface area contributed by atoms with Crippen LogP contribution in [-0.4, -0.2) is 19.6 Å². The predicted octanol–water partition coefficient (Wildman–Crippen LogP) is 17.0. The van der Waals surface area contributed by atoms with Crippen molar-refractivity contribution in [3.63, 3.8) is 0 Å². The van der Waals surface area contributed by atoms with Crippen molar-refractivity contribution < 1.29 is 17.4 Å². The topological polar surface area (TPSA) is 50.9 Å². The van der Waals surface area contributed by atoms with E-state index in [1.807, 2.05) is 36.4 Å². The largest absolute Gasteiger partial charge is 0.507 e. The highest BCUT2D eigenvalue weighted by molar-refractivity contribution is 5.98. The van der Waals surface area contributed by atoms with Crippen LogP contribution < -0.4 is 0 Å². The van der Waals surface area contributed by atoms with Gasteiger partial charge in [0.05, 0.1) is 22.3 Å². The number of phenolic OH excluding ortho intramolecular Hbond substituents is 1. The maximum atomic E-state index is 12.4. The van der Waals surface area contributed by atoms with Crippen LogP contribution in [0, 0.1) is 0 Å². The smallest absolute Gasteiger partial charge is 0.149 e. The molecule has 7 aromatic carbocycles. The molecule has 9 aromatic rings. The number of benzene rings is 7. The van der Waals surface area contributed by atoms with Gasteiger partial charge in [-0.1, -0.05) is 178 Å². The highest BCUT2D eigenvalue weighted by Gasteiger charge is 2.26. The number of imidazole rings is 1. The van der Waals surface area contributed by atoms with E-state index in [0.717, 1.165) is 72.4 Å². The Hall–Kier alpha value is -7.04. The first-order valence-corrected chi connectivity index (χ1v) is 22.7. The third-order valence-electron chi connectivity index (χ3n) is 12.6. The molecule has 0 radical (unpaired) electrons. The Bertz CT molecular complexity index is 3510. The van der Waals surface area contributed by atoms with Gasteiger partial charge in [0.15, 0.2) is 0 Å². The first-order valence-electron chi connectivity index (χ1n) is 27.2. The molecule has 0 spiro atoms. The quantitative estimate of drug-likeness (QED) is 0.157. The fraction of sp³-hybridized carbons (Fsp3) is 0.226. The van der Waals surface area contributed by atoms with Gasteiger partial charge in [0.25, 0.3) is 0 Å². The van der Waals surface area contributed by atoms with Crippen LogP contribution in [0.1, 0.15) is 115 Å². The Morgan fingerprint density at radius 2 is 1.15 bits per heavy atom. The van der Waals surface area contributed by atoms with Crippen LogP contribution in [-0.2, 0) is 10.8 Å². The summed E-state index contributed by atoms with van der Waals surface area (Å²) < 4.78 is 76.2. The standard InChI is InChI=1S/C62H61N3O/c1-39(2)45-35-54(40(3)4)59(66)55(36-45)60-64-58-53(22-17-23-57(58)65(60)52-34-47(42-20-15-12-16-21-42)33-51(38-52)62(8,9)10)48-30-46(41-18-13-11-14-19-41)31-49(32-48)56-37-44(28-29-63-56)43-24-26-50(27-25-43)61(5,6)7/h11-40,66H,1-10H3/i5D3,6D3,7D3. The van der Waals surface area contributed by atoms with E-state index in [1.165, 1.54) is 12.1 Å². The SMILES string of the molecule is [2H]C([2H])([2H])C(c1ccc(-c2ccnc(-c3cc(-c4ccccc4)cc(-c4cccc5c4nc(-c4cc(C(C)C)cc(C(C)C)c4O)n5-c4cc(-c5ccccc5)cc(C(C)(C)C)c4)c3)c2)cc1)(C([2H])([2H])[2H])C([2H])([2H])[2H]. The van der Waals surface area contributed by atoms with Gasteiger partial charge in [-0.05, 0) is 138 Å². The zero-order chi connectivity index (χ0) is 54.0. The number of pyridine rings is 1. The molecule has 0 saturated heterocycles. The second kappa shape index (κ2) is 17.4. The molecule has 2 aromatic heterocycles. The lowest BCUT2D eigenvalue weighted by molar-refractivity contribution is 0.466. The number of phenols is 1. The molecule has 4 heteroatoms. The van der Waals surface area contributed by atoms with E-state index in [1.54, 1.807) is 24.4 Å². The van der Waals surface area contributed by atoms with Crippen molar-refractivity contribution in [1.82, 2.24) is 14.5 Å². The van der Waals surface area contributed by atoms with Crippen molar-refractivity contribution >= 4 is 11.0 Å². The summed E-state index contributed by atoms with van der Waals surface area (Å²) in [4.78, 5) is 10.5. The van der Waals surface area contributed by atoms with Crippen LogP contribution in [0.25, 0.3) is 83.9 Å². The van der Waals surface area contributed by atoms with Crippen LogP contribution in [0.4, 0.5) is 0 Å². The second-order valence-corrected chi connectivity index (χ2v) is 19.1. The molecule has 9 rings (SSSR count). The van der Waals surface area contributed by atoms with E-state index in [2.05, 4.69) is 150 Å². The first-order chi connectivity index (χ1) is 35.3. The molecule has 0 fully saturated rings. The van der Waals surface area contributed by atoms with Gasteiger partial charge in [-0.15, -0.1) is 0 Å². The molecular weight excluding hydrogens is 803 g/mol. The van der Waals surface area contributed by atoms with E-state index in [9.17, 15) is 5.11 Å². The number of fused-ring (bicyclic) bond motifs is 1. The van der Waals surface area contributed by atoms with Crippen LogP contribution >= 0.6 is 0 Å². The van der Waals surface area contributed by atoms with Gasteiger partial charge in [0, 0.05) is 35.3 Å². The van der Waals surface area contributed by atoms with E-state index >= 15 is 0 Å². The zero-order valence-electron chi connectivity index (χ0n) is 47.6. The molecular formula is C62H61N3O. The summed E-state index contributed by atoms with van der Waals surface area (Å²) in [6.45, 7) is 5.05. The highest BCUT2D eigenvalue weighted by atomic mass is 16.3. The number of aromatic hydroxyl groups is 1. The number of hydrogen-bond acceptors (Lipinski definition) is 3. The van der Waals surface area contributed by atoms with Crippen molar-refractivity contribution in [3.8, 4) is 78.6 Å². The Kier molecular flexibility index (Phi) is 9.05. The molecule has 0 bridgehead atoms. The second-order valence-electron chi connectivity index (χ2n) is 19.1. The van der Waals surface area contributed by atoms with Gasteiger partial charge in [0.1, 0.15) is 11.6 Å². The minimum atomic E-state index is -3.37. The average molecular weight is 873 g/mol. The molecule has 0 saturated carbocycles. The van der Waals surface area contributed by atoms with E-state index in [0.29, 0.717) is 28.2 Å². The van der Waals surface area contributed by atoms with E-state index in [4.69, 9.17) is 22.3 Å². The van der Waals surface area contributed by atoms with Gasteiger partial charge in [0.2, 0.25) is 0 Å². The normalized spacial score (nSPS) is 14.7. The summed E-state index contributed by atoms with van der Waals surface area (Å²) in [5.41, 5.74) is 11.1. The maximum absolute atomic E-state index is 12.4. The summed E-state index contributed by atoms with van der Waals surface area (Å²) in [5.74, 6) is 1.03. The zero-order valence-corrected chi connectivity index (χ0v) is 38.6. The van der Waals surface area contributed by atoms with Crippen LogP contribution in [0.15, 0.2) is 170 Å². The molecule has 0 atom stereocenters. The van der Waals surface area contributed by atoms with Crippen molar-refractivity contribution in [2.75, 3.05) is 0 Å². The van der Waals surface area contributed by atoms with Gasteiger partial charge < -0.3 is 5.11 Å². The average Bonchev–Trinajstić information content (AvgIpc) is 3.76. The third kappa shape index (κ3) is 8.73. The number of rotatable bonds is 9. The number of para-hydroxylation sites is 1. The monoisotopic (exact) mass is 873 g/mol. The molecule has 0 unspecified atom stereocenters. The summed E-state index contributed by atoms with van der Waals surface area (Å²) in [6, 6.07) is 53.3. The van der Waals surface area contributed by atoms with Crippen molar-refractivity contribution in [3.05, 3.63) is 192 Å². The summed E-state index contributed by atoms with van der Waals surface area (Å²) in [5, 5.41) is 12.4. The number of hydrogen-bond donors (Lipinski definition) is 1. The molecule has 0 aliphatic carbocycles. The molecule has 330 valence electrons. The number of nitrogens with zero attached hydrogens (tertiary/aromatic N) is 3. The van der Waals surface area contributed by atoms with Crippen molar-refractivity contribution in [2.45, 2.75) is 91.7 Å². The van der Waals surface area contributed by atoms with Gasteiger partial charge in [-0.2, -0.15) is 0 Å². The van der Waals surface area contributed by atoms with E-state index in [-0.39, 0.29) is 28.6 Å². The summed E-state index contributed by atoms with van der Waals surface area (Å²) >= 11 is 0. The predicted molar refractivity (Wildman–Crippen MR) is 279 cm³/mol. The lowest BCUT2D eigenvalue weighted by Gasteiger charge is -2.23. The molecule has 4 nitrogen and oxygen atoms in total. The first kappa shape index (κ1) is 34.3. The van der Waals surface area contributed by atoms with Gasteiger partial charge >= 0.3 is 0 Å². The van der Waals surface area contributed by atoms with Crippen molar-refractivity contribution in [2.24, 2.45) is 0 Å². The summed E-state index contributed by atoms with van der Waals surface area (Å²) in [7, 11) is 0.